The third-order valence-corrected chi connectivity index (χ3v) is 3.39. The van der Waals surface area contributed by atoms with Crippen LogP contribution in [-0.4, -0.2) is 5.78 Å². The van der Waals surface area contributed by atoms with Gasteiger partial charge >= 0.3 is 0 Å². The smallest absolute Gasteiger partial charge is 0.133 e. The molecule has 0 heterocycles. The summed E-state index contributed by atoms with van der Waals surface area (Å²) >= 11 is 0. The lowest BCUT2D eigenvalue weighted by atomic mass is 9.77. The molecule has 0 fully saturated rings. The third kappa shape index (κ3) is 2.34. The average molecular weight is 192 g/mol. The van der Waals surface area contributed by atoms with Gasteiger partial charge in [0.05, 0.1) is 0 Å². The second kappa shape index (κ2) is 4.12. The molecule has 1 unspecified atom stereocenters. The number of hydrogen-bond donors (Lipinski definition) is 0. The maximum atomic E-state index is 10.8. The van der Waals surface area contributed by atoms with Gasteiger partial charge in [0.25, 0.3) is 0 Å². The summed E-state index contributed by atoms with van der Waals surface area (Å²) in [5.41, 5.74) is 1.74. The van der Waals surface area contributed by atoms with Gasteiger partial charge in [0.15, 0.2) is 0 Å². The van der Waals surface area contributed by atoms with E-state index in [-0.39, 0.29) is 11.2 Å². The molecule has 14 heavy (non-hydrogen) atoms. The molecule has 0 aromatic heterocycles. The average Bonchev–Trinajstić information content (AvgIpc) is 2.30. The Morgan fingerprint density at radius 1 is 1.64 bits per heavy atom. The number of carbonyl (C=O) groups excluding carboxylic acids is 1. The molecule has 0 aliphatic heterocycles. The van der Waals surface area contributed by atoms with Crippen molar-refractivity contribution < 1.29 is 4.79 Å². The maximum Gasteiger partial charge on any atom is 0.133 e. The van der Waals surface area contributed by atoms with Crippen LogP contribution in [0.4, 0.5) is 0 Å². The fourth-order valence-corrected chi connectivity index (χ4v) is 1.87. The van der Waals surface area contributed by atoms with Gasteiger partial charge < -0.3 is 0 Å². The molecule has 0 amide bonds. The van der Waals surface area contributed by atoms with Gasteiger partial charge in [0, 0.05) is 6.42 Å². The fourth-order valence-electron chi connectivity index (χ4n) is 1.87. The minimum absolute atomic E-state index is 0.238. The van der Waals surface area contributed by atoms with Crippen LogP contribution in [0.3, 0.4) is 0 Å². The summed E-state index contributed by atoms with van der Waals surface area (Å²) in [6, 6.07) is 0. The van der Waals surface area contributed by atoms with Gasteiger partial charge in [-0.15, -0.1) is 0 Å². The highest BCUT2D eigenvalue weighted by Crippen LogP contribution is 2.43. The van der Waals surface area contributed by atoms with Crippen LogP contribution in [0, 0.1) is 11.3 Å². The van der Waals surface area contributed by atoms with Crippen LogP contribution in [0.25, 0.3) is 0 Å². The van der Waals surface area contributed by atoms with Crippen molar-refractivity contribution >= 4 is 5.78 Å². The van der Waals surface area contributed by atoms with Gasteiger partial charge in [-0.05, 0) is 31.6 Å². The molecule has 0 aromatic rings. The van der Waals surface area contributed by atoms with Crippen molar-refractivity contribution in [3.63, 3.8) is 0 Å². The van der Waals surface area contributed by atoms with Crippen molar-refractivity contribution in [3.8, 4) is 0 Å². The lowest BCUT2D eigenvalue weighted by Crippen LogP contribution is -2.18. The Hall–Kier alpha value is -0.850. The van der Waals surface area contributed by atoms with Crippen molar-refractivity contribution in [1.82, 2.24) is 0 Å². The van der Waals surface area contributed by atoms with E-state index in [1.165, 1.54) is 5.57 Å². The standard InChI is InChI=1S/C13H20O/c1-10-8-9-12(13(10,3)4)7-5-6-11(2)14/h5,7-8,12H,6,9H2,1-4H3/b7-5+. The minimum Gasteiger partial charge on any atom is -0.300 e. The topological polar surface area (TPSA) is 17.1 Å². The van der Waals surface area contributed by atoms with Gasteiger partial charge in [-0.1, -0.05) is 37.6 Å². The Balaban J connectivity index is 2.57. The highest BCUT2D eigenvalue weighted by molar-refractivity contribution is 5.76. The molecule has 0 aromatic carbocycles. The van der Waals surface area contributed by atoms with Gasteiger partial charge in [-0.2, -0.15) is 0 Å². The summed E-state index contributed by atoms with van der Waals surface area (Å²) in [5, 5.41) is 0. The first-order chi connectivity index (χ1) is 6.44. The van der Waals surface area contributed by atoms with Crippen LogP contribution in [0.1, 0.15) is 40.5 Å². The number of Topliss-reactive ketones (excluding diaryl/α,β-unsaturated/α-hetero) is 1. The molecule has 1 atom stereocenters. The quantitative estimate of drug-likeness (QED) is 0.625. The van der Waals surface area contributed by atoms with Gasteiger partial charge in [-0.25, -0.2) is 0 Å². The SMILES string of the molecule is CC(=O)C/C=C/C1CC=C(C)C1(C)C. The Labute approximate surface area is 86.9 Å². The number of allylic oxidation sites excluding steroid dienone is 4. The number of hydrogen-bond acceptors (Lipinski definition) is 1. The van der Waals surface area contributed by atoms with Gasteiger partial charge in [0.2, 0.25) is 0 Å². The van der Waals surface area contributed by atoms with Crippen LogP contribution in [-0.2, 0) is 4.79 Å². The molecule has 0 spiro atoms. The summed E-state index contributed by atoms with van der Waals surface area (Å²) in [6.07, 6.45) is 8.22. The second-order valence-electron chi connectivity index (χ2n) is 4.79. The van der Waals surface area contributed by atoms with Crippen LogP contribution < -0.4 is 0 Å². The molecular formula is C13H20O. The first-order valence-corrected chi connectivity index (χ1v) is 5.28. The molecule has 0 saturated carbocycles. The lowest BCUT2D eigenvalue weighted by Gasteiger charge is -2.27. The minimum atomic E-state index is 0.238. The summed E-state index contributed by atoms with van der Waals surface area (Å²) in [4.78, 5) is 10.8. The molecule has 1 nitrogen and oxygen atoms in total. The molecule has 1 heteroatoms. The van der Waals surface area contributed by atoms with Crippen molar-refractivity contribution in [1.29, 1.82) is 0 Å². The van der Waals surface area contributed by atoms with E-state index in [0.29, 0.717) is 12.3 Å². The van der Waals surface area contributed by atoms with Crippen molar-refractivity contribution in [2.45, 2.75) is 40.5 Å². The summed E-state index contributed by atoms with van der Waals surface area (Å²) in [5.74, 6) is 0.809. The van der Waals surface area contributed by atoms with E-state index in [2.05, 4.69) is 32.9 Å². The molecule has 0 radical (unpaired) electrons. The Bertz CT molecular complexity index is 282. The fraction of sp³-hybridized carbons (Fsp3) is 0.615. The van der Waals surface area contributed by atoms with Crippen molar-refractivity contribution in [2.24, 2.45) is 11.3 Å². The van der Waals surface area contributed by atoms with Crippen molar-refractivity contribution in [2.75, 3.05) is 0 Å². The molecule has 78 valence electrons. The van der Waals surface area contributed by atoms with E-state index in [4.69, 9.17) is 0 Å². The number of carbonyl (C=O) groups is 1. The van der Waals surface area contributed by atoms with E-state index in [9.17, 15) is 4.79 Å². The first kappa shape index (κ1) is 11.2. The van der Waals surface area contributed by atoms with E-state index in [1.54, 1.807) is 6.92 Å². The van der Waals surface area contributed by atoms with Crippen LogP contribution >= 0.6 is 0 Å². The van der Waals surface area contributed by atoms with Crippen LogP contribution in [0.2, 0.25) is 0 Å². The number of ketones is 1. The number of rotatable bonds is 3. The van der Waals surface area contributed by atoms with Crippen LogP contribution in [0.15, 0.2) is 23.8 Å². The Morgan fingerprint density at radius 2 is 2.29 bits per heavy atom. The predicted molar refractivity (Wildman–Crippen MR) is 60.1 cm³/mol. The zero-order valence-electron chi connectivity index (χ0n) is 9.63. The zero-order chi connectivity index (χ0) is 10.8. The normalized spacial score (nSPS) is 25.4. The van der Waals surface area contributed by atoms with E-state index in [0.717, 1.165) is 6.42 Å². The lowest BCUT2D eigenvalue weighted by molar-refractivity contribution is -0.116. The molecule has 0 saturated heterocycles. The second-order valence-corrected chi connectivity index (χ2v) is 4.79. The van der Waals surface area contributed by atoms with Crippen LogP contribution in [0.5, 0.6) is 0 Å². The monoisotopic (exact) mass is 192 g/mol. The third-order valence-electron chi connectivity index (χ3n) is 3.39. The predicted octanol–water partition coefficient (Wildman–Crippen LogP) is 3.51. The van der Waals surface area contributed by atoms with E-state index in [1.807, 2.05) is 6.08 Å². The molecule has 1 rings (SSSR count). The van der Waals surface area contributed by atoms with Gasteiger partial charge in [0.1, 0.15) is 5.78 Å². The molecule has 0 N–H and O–H groups in total. The summed E-state index contributed by atoms with van der Waals surface area (Å²) < 4.78 is 0. The maximum absolute atomic E-state index is 10.8. The molecule has 0 bridgehead atoms. The molecular weight excluding hydrogens is 172 g/mol. The van der Waals surface area contributed by atoms with Crippen molar-refractivity contribution in [3.05, 3.63) is 23.8 Å². The molecule has 1 aliphatic rings. The summed E-state index contributed by atoms with van der Waals surface area (Å²) in [6.45, 7) is 8.37. The highest BCUT2D eigenvalue weighted by Gasteiger charge is 2.32. The van der Waals surface area contributed by atoms with E-state index < -0.39 is 0 Å². The Kier molecular flexibility index (Phi) is 3.30. The summed E-state index contributed by atoms with van der Waals surface area (Å²) in [7, 11) is 0. The highest BCUT2D eigenvalue weighted by atomic mass is 16.1. The molecule has 1 aliphatic carbocycles. The zero-order valence-corrected chi connectivity index (χ0v) is 9.63. The van der Waals surface area contributed by atoms with E-state index >= 15 is 0 Å². The largest absolute Gasteiger partial charge is 0.300 e. The van der Waals surface area contributed by atoms with Gasteiger partial charge in [-0.3, -0.25) is 4.79 Å². The first-order valence-electron chi connectivity index (χ1n) is 5.28. The Morgan fingerprint density at radius 3 is 2.71 bits per heavy atom.